The molecule has 0 unspecified atom stereocenters. The van der Waals surface area contributed by atoms with E-state index in [4.69, 9.17) is 0 Å². The van der Waals surface area contributed by atoms with Crippen molar-refractivity contribution in [2.75, 3.05) is 0 Å². The Balaban J connectivity index is 1.61. The van der Waals surface area contributed by atoms with Gasteiger partial charge in [-0.1, -0.05) is 19.0 Å². The molecule has 4 aliphatic carbocycles. The number of oxime groups is 1. The van der Waals surface area contributed by atoms with Gasteiger partial charge in [-0.2, -0.15) is 0 Å². The topological polar surface area (TPSA) is 32.6 Å². The van der Waals surface area contributed by atoms with E-state index in [1.165, 1.54) is 38.5 Å². The molecule has 4 rings (SSSR count). The Bertz CT molecular complexity index is 534. The van der Waals surface area contributed by atoms with E-state index >= 15 is 0 Å². The minimum absolute atomic E-state index is 0.317. The molecule has 4 saturated carbocycles. The van der Waals surface area contributed by atoms with Crippen LogP contribution in [0.3, 0.4) is 0 Å². The molecule has 0 aliphatic heterocycles. The van der Waals surface area contributed by atoms with Gasteiger partial charge in [0.1, 0.15) is 6.17 Å². The fourth-order valence-electron chi connectivity index (χ4n) is 7.96. The van der Waals surface area contributed by atoms with Crippen LogP contribution < -0.4 is 0 Å². The van der Waals surface area contributed by atoms with Crippen LogP contribution in [-0.2, 0) is 0 Å². The lowest BCUT2D eigenvalue weighted by Crippen LogP contribution is -2.54. The second kappa shape index (κ2) is 5.71. The Morgan fingerprint density at radius 2 is 1.67 bits per heavy atom. The van der Waals surface area contributed by atoms with E-state index in [1.807, 2.05) is 6.92 Å². The predicted molar refractivity (Wildman–Crippen MR) is 95.0 cm³/mol. The van der Waals surface area contributed by atoms with Crippen molar-refractivity contribution >= 4 is 5.71 Å². The van der Waals surface area contributed by atoms with E-state index in [9.17, 15) is 9.60 Å². The van der Waals surface area contributed by atoms with Crippen LogP contribution in [-0.4, -0.2) is 17.1 Å². The normalized spacial score (nSPS) is 54.8. The van der Waals surface area contributed by atoms with Crippen LogP contribution in [0.5, 0.6) is 0 Å². The van der Waals surface area contributed by atoms with Crippen LogP contribution in [0.15, 0.2) is 5.16 Å². The van der Waals surface area contributed by atoms with Crippen molar-refractivity contribution in [3.8, 4) is 0 Å². The molecule has 4 fully saturated rings. The molecule has 0 spiro atoms. The molecule has 0 aromatic rings. The Hall–Kier alpha value is -0.600. The Kier molecular flexibility index (Phi) is 4.01. The van der Waals surface area contributed by atoms with Gasteiger partial charge in [-0.05, 0) is 99.2 Å². The van der Waals surface area contributed by atoms with E-state index in [0.717, 1.165) is 42.7 Å². The largest absolute Gasteiger partial charge is 0.411 e. The zero-order chi connectivity index (χ0) is 17.1. The molecule has 0 aromatic carbocycles. The summed E-state index contributed by atoms with van der Waals surface area (Å²) in [4.78, 5) is 0. The van der Waals surface area contributed by atoms with Crippen molar-refractivity contribution < 1.29 is 9.60 Å². The van der Waals surface area contributed by atoms with Gasteiger partial charge in [0.25, 0.3) is 0 Å². The van der Waals surface area contributed by atoms with Crippen molar-refractivity contribution in [3.63, 3.8) is 0 Å². The number of fused-ring (bicyclic) bond motifs is 5. The van der Waals surface area contributed by atoms with Gasteiger partial charge in [0.05, 0.1) is 5.71 Å². The van der Waals surface area contributed by atoms with E-state index in [-0.39, 0.29) is 0 Å². The molecule has 8 atom stereocenters. The summed E-state index contributed by atoms with van der Waals surface area (Å²) in [5.41, 5.74) is 1.64. The zero-order valence-corrected chi connectivity index (χ0v) is 15.6. The SMILES string of the molecule is CC(=NO)[C@H]1CC[C@H]2[C@@H]3CC[C@H]4C[C@H](F)CC[C@]4(C)[C@H]3CC[C@]12C. The molecule has 3 heteroatoms. The molecule has 2 nitrogen and oxygen atoms in total. The number of hydrogen-bond donors (Lipinski definition) is 1. The summed E-state index contributed by atoms with van der Waals surface area (Å²) < 4.78 is 14.0. The molecule has 1 N–H and O–H groups in total. The standard InChI is InChI=1S/C21H34FNO/c1-13(23-24)17-6-7-18-16-5-4-14-12-15(22)8-10-20(14,2)19(16)9-11-21(17,18)3/h14-19,24H,4-12H2,1-3H3/t14-,15+,16-,17+,18-,19-,20-,21+/m0/s1. The summed E-state index contributed by atoms with van der Waals surface area (Å²) in [6.07, 6.45) is 9.75. The summed E-state index contributed by atoms with van der Waals surface area (Å²) in [6, 6.07) is 0. The molecule has 24 heavy (non-hydrogen) atoms. The molecule has 0 heterocycles. The predicted octanol–water partition coefficient (Wildman–Crippen LogP) is 5.83. The summed E-state index contributed by atoms with van der Waals surface area (Å²) >= 11 is 0. The highest BCUT2D eigenvalue weighted by Crippen LogP contribution is 2.67. The lowest BCUT2D eigenvalue weighted by Gasteiger charge is -2.60. The molecular weight excluding hydrogens is 301 g/mol. The third kappa shape index (κ3) is 2.22. The van der Waals surface area contributed by atoms with Crippen molar-refractivity contribution in [3.05, 3.63) is 0 Å². The van der Waals surface area contributed by atoms with E-state index in [2.05, 4.69) is 19.0 Å². The van der Waals surface area contributed by atoms with E-state index in [0.29, 0.717) is 22.7 Å². The van der Waals surface area contributed by atoms with Crippen molar-refractivity contribution in [1.82, 2.24) is 0 Å². The highest BCUT2D eigenvalue weighted by atomic mass is 19.1. The van der Waals surface area contributed by atoms with Gasteiger partial charge >= 0.3 is 0 Å². The highest BCUT2D eigenvalue weighted by molar-refractivity contribution is 5.84. The van der Waals surface area contributed by atoms with Gasteiger partial charge in [-0.25, -0.2) is 4.39 Å². The van der Waals surface area contributed by atoms with Crippen molar-refractivity contribution in [2.24, 2.45) is 45.6 Å². The number of hydrogen-bond acceptors (Lipinski definition) is 2. The average Bonchev–Trinajstić information content (AvgIpc) is 2.92. The van der Waals surface area contributed by atoms with Gasteiger partial charge in [0.15, 0.2) is 0 Å². The van der Waals surface area contributed by atoms with Crippen LogP contribution >= 0.6 is 0 Å². The number of nitrogens with zero attached hydrogens (tertiary/aromatic N) is 1. The Morgan fingerprint density at radius 1 is 0.958 bits per heavy atom. The second-order valence-corrected chi connectivity index (χ2v) is 9.94. The Labute approximate surface area is 146 Å². The second-order valence-electron chi connectivity index (χ2n) is 9.94. The third-order valence-electron chi connectivity index (χ3n) is 9.26. The maximum absolute atomic E-state index is 14.0. The molecule has 0 aromatic heterocycles. The lowest BCUT2D eigenvalue weighted by atomic mass is 9.44. The molecule has 0 radical (unpaired) electrons. The summed E-state index contributed by atoms with van der Waals surface area (Å²) in [5, 5.41) is 12.9. The average molecular weight is 336 g/mol. The first-order valence-electron chi connectivity index (χ1n) is 10.2. The van der Waals surface area contributed by atoms with Crippen LogP contribution in [0.1, 0.15) is 78.6 Å². The first kappa shape index (κ1) is 16.8. The quantitative estimate of drug-likeness (QED) is 0.365. The van der Waals surface area contributed by atoms with E-state index < -0.39 is 6.17 Å². The lowest BCUT2D eigenvalue weighted by molar-refractivity contribution is -0.116. The van der Waals surface area contributed by atoms with Crippen molar-refractivity contribution in [1.29, 1.82) is 0 Å². The fraction of sp³-hybridized carbons (Fsp3) is 0.952. The number of halogens is 1. The fourth-order valence-corrected chi connectivity index (χ4v) is 7.96. The first-order chi connectivity index (χ1) is 11.4. The van der Waals surface area contributed by atoms with Gasteiger partial charge in [-0.3, -0.25) is 0 Å². The molecule has 0 amide bonds. The third-order valence-corrected chi connectivity index (χ3v) is 9.26. The van der Waals surface area contributed by atoms with Crippen LogP contribution in [0, 0.1) is 40.4 Å². The summed E-state index contributed by atoms with van der Waals surface area (Å²) in [5.74, 6) is 3.47. The Morgan fingerprint density at radius 3 is 2.42 bits per heavy atom. The maximum Gasteiger partial charge on any atom is 0.100 e. The molecule has 0 saturated heterocycles. The zero-order valence-electron chi connectivity index (χ0n) is 15.6. The van der Waals surface area contributed by atoms with Crippen molar-refractivity contribution in [2.45, 2.75) is 84.7 Å². The monoisotopic (exact) mass is 335 g/mol. The van der Waals surface area contributed by atoms with Gasteiger partial charge in [0.2, 0.25) is 0 Å². The van der Waals surface area contributed by atoms with Crippen LogP contribution in [0.4, 0.5) is 4.39 Å². The minimum atomic E-state index is -0.548. The first-order valence-corrected chi connectivity index (χ1v) is 10.2. The van der Waals surface area contributed by atoms with Gasteiger partial charge in [0, 0.05) is 5.92 Å². The number of rotatable bonds is 1. The molecule has 136 valence electrons. The summed E-state index contributed by atoms with van der Waals surface area (Å²) in [7, 11) is 0. The smallest absolute Gasteiger partial charge is 0.100 e. The molecule has 4 aliphatic rings. The molecular formula is C21H34FNO. The van der Waals surface area contributed by atoms with Crippen LogP contribution in [0.25, 0.3) is 0 Å². The molecule has 0 bridgehead atoms. The van der Waals surface area contributed by atoms with Crippen LogP contribution in [0.2, 0.25) is 0 Å². The van der Waals surface area contributed by atoms with E-state index in [1.54, 1.807) is 0 Å². The number of alkyl halides is 1. The minimum Gasteiger partial charge on any atom is -0.411 e. The summed E-state index contributed by atoms with van der Waals surface area (Å²) in [6.45, 7) is 6.97. The maximum atomic E-state index is 14.0. The van der Waals surface area contributed by atoms with Gasteiger partial charge in [-0.15, -0.1) is 0 Å². The van der Waals surface area contributed by atoms with Gasteiger partial charge < -0.3 is 5.21 Å². The highest BCUT2D eigenvalue weighted by Gasteiger charge is 2.60.